The smallest absolute Gasteiger partial charge is 0.222 e. The average Bonchev–Trinajstić information content (AvgIpc) is 2.00. The van der Waals surface area contributed by atoms with E-state index in [1.54, 1.807) is 14.2 Å². The Morgan fingerprint density at radius 1 is 1.46 bits per heavy atom. The third kappa shape index (κ3) is 6.54. The number of ether oxygens (including phenoxy) is 1. The highest BCUT2D eigenvalue weighted by Crippen LogP contribution is 2.02. The van der Waals surface area contributed by atoms with Crippen LogP contribution in [0.5, 0.6) is 0 Å². The SMILES string of the molecule is CNC(=O)CC(C[N+](C)(C)C)OC. The number of nitrogens with one attached hydrogen (secondary N) is 1. The van der Waals surface area contributed by atoms with Crippen molar-refractivity contribution in [2.45, 2.75) is 12.5 Å². The zero-order valence-corrected chi connectivity index (χ0v) is 9.26. The number of nitrogens with zero attached hydrogens (tertiary/aromatic N) is 1. The van der Waals surface area contributed by atoms with Crippen molar-refractivity contribution in [1.29, 1.82) is 0 Å². The van der Waals surface area contributed by atoms with Gasteiger partial charge < -0.3 is 14.5 Å². The zero-order chi connectivity index (χ0) is 10.5. The Kier molecular flexibility index (Phi) is 4.95. The van der Waals surface area contributed by atoms with E-state index in [2.05, 4.69) is 26.5 Å². The normalized spacial score (nSPS) is 13.9. The fourth-order valence-electron chi connectivity index (χ4n) is 1.14. The summed E-state index contributed by atoms with van der Waals surface area (Å²) in [6.07, 6.45) is 0.433. The van der Waals surface area contributed by atoms with E-state index in [0.717, 1.165) is 11.0 Å². The minimum Gasteiger partial charge on any atom is -0.375 e. The highest BCUT2D eigenvalue weighted by molar-refractivity contribution is 5.76. The molecule has 0 aromatic heterocycles. The van der Waals surface area contributed by atoms with Crippen molar-refractivity contribution < 1.29 is 14.0 Å². The second kappa shape index (κ2) is 5.19. The summed E-state index contributed by atoms with van der Waals surface area (Å²) in [7, 11) is 9.52. The molecule has 0 aliphatic carbocycles. The number of quaternary nitrogens is 1. The van der Waals surface area contributed by atoms with Gasteiger partial charge in [-0.25, -0.2) is 0 Å². The monoisotopic (exact) mass is 189 g/mol. The lowest BCUT2D eigenvalue weighted by atomic mass is 10.2. The number of rotatable bonds is 5. The Balaban J connectivity index is 3.97. The Hall–Kier alpha value is -0.610. The first-order chi connectivity index (χ1) is 5.89. The summed E-state index contributed by atoms with van der Waals surface area (Å²) < 4.78 is 6.02. The van der Waals surface area contributed by atoms with Gasteiger partial charge in [0.1, 0.15) is 12.6 Å². The van der Waals surface area contributed by atoms with Crippen LogP contribution in [0.15, 0.2) is 0 Å². The molecule has 1 amide bonds. The largest absolute Gasteiger partial charge is 0.375 e. The molecule has 0 saturated carbocycles. The molecule has 4 heteroatoms. The molecule has 1 unspecified atom stereocenters. The molecule has 0 rings (SSSR count). The fraction of sp³-hybridized carbons (Fsp3) is 0.889. The Morgan fingerprint density at radius 3 is 2.31 bits per heavy atom. The van der Waals surface area contributed by atoms with Crippen molar-refractivity contribution in [1.82, 2.24) is 5.32 Å². The van der Waals surface area contributed by atoms with Gasteiger partial charge in [-0.1, -0.05) is 0 Å². The van der Waals surface area contributed by atoms with Gasteiger partial charge >= 0.3 is 0 Å². The topological polar surface area (TPSA) is 38.3 Å². The molecule has 78 valence electrons. The van der Waals surface area contributed by atoms with E-state index in [1.807, 2.05) is 0 Å². The first-order valence-corrected chi connectivity index (χ1v) is 4.43. The van der Waals surface area contributed by atoms with E-state index < -0.39 is 0 Å². The summed E-state index contributed by atoms with van der Waals surface area (Å²) >= 11 is 0. The molecular weight excluding hydrogens is 168 g/mol. The summed E-state index contributed by atoms with van der Waals surface area (Å²) in [6, 6.07) is 0. The van der Waals surface area contributed by atoms with E-state index in [4.69, 9.17) is 4.74 Å². The van der Waals surface area contributed by atoms with Crippen molar-refractivity contribution in [2.75, 3.05) is 41.8 Å². The number of carbonyl (C=O) groups excluding carboxylic acids is 1. The number of likely N-dealkylation sites (N-methyl/N-ethyl adjacent to an activating group) is 1. The lowest BCUT2D eigenvalue weighted by Crippen LogP contribution is -2.43. The van der Waals surface area contributed by atoms with Gasteiger partial charge in [0.15, 0.2) is 0 Å². The van der Waals surface area contributed by atoms with Gasteiger partial charge in [0, 0.05) is 14.2 Å². The molecule has 13 heavy (non-hydrogen) atoms. The standard InChI is InChI=1S/C9H20N2O2/c1-10-9(12)6-8(13-5)7-11(2,3)4/h8H,6-7H2,1-5H3/p+1. The second-order valence-corrected chi connectivity index (χ2v) is 4.21. The molecule has 0 bridgehead atoms. The van der Waals surface area contributed by atoms with Gasteiger partial charge in [0.05, 0.1) is 27.6 Å². The average molecular weight is 189 g/mol. The van der Waals surface area contributed by atoms with Gasteiger partial charge in [-0.3, -0.25) is 4.79 Å². The predicted molar refractivity (Wildman–Crippen MR) is 52.4 cm³/mol. The molecule has 0 radical (unpaired) electrons. The van der Waals surface area contributed by atoms with Crippen LogP contribution in [0.1, 0.15) is 6.42 Å². The lowest BCUT2D eigenvalue weighted by Gasteiger charge is -2.28. The van der Waals surface area contributed by atoms with Crippen LogP contribution in [-0.4, -0.2) is 58.3 Å². The second-order valence-electron chi connectivity index (χ2n) is 4.21. The van der Waals surface area contributed by atoms with Gasteiger partial charge in [-0.2, -0.15) is 0 Å². The molecule has 0 aromatic rings. The van der Waals surface area contributed by atoms with Gasteiger partial charge in [-0.05, 0) is 0 Å². The van der Waals surface area contributed by atoms with Crippen LogP contribution in [0.3, 0.4) is 0 Å². The summed E-state index contributed by atoms with van der Waals surface area (Å²) in [5.41, 5.74) is 0. The van der Waals surface area contributed by atoms with Gasteiger partial charge in [0.25, 0.3) is 0 Å². The number of hydrogen-bond donors (Lipinski definition) is 1. The number of methoxy groups -OCH3 is 1. The van der Waals surface area contributed by atoms with Gasteiger partial charge in [0.2, 0.25) is 5.91 Å². The first-order valence-electron chi connectivity index (χ1n) is 4.43. The molecule has 0 aliphatic rings. The van der Waals surface area contributed by atoms with Crippen LogP contribution in [0.4, 0.5) is 0 Å². The highest BCUT2D eigenvalue weighted by Gasteiger charge is 2.19. The predicted octanol–water partition coefficient (Wildman–Crippen LogP) is -0.156. The minimum atomic E-state index is -0.0000463. The Labute approximate surface area is 80.5 Å². The molecule has 1 N–H and O–H groups in total. The molecule has 0 spiro atoms. The molecule has 1 atom stereocenters. The summed E-state index contributed by atoms with van der Waals surface area (Å²) in [5.74, 6) is 0.0281. The highest BCUT2D eigenvalue weighted by atomic mass is 16.5. The third-order valence-corrected chi connectivity index (χ3v) is 1.78. The van der Waals surface area contributed by atoms with E-state index >= 15 is 0 Å². The van der Waals surface area contributed by atoms with Crippen LogP contribution in [-0.2, 0) is 9.53 Å². The third-order valence-electron chi connectivity index (χ3n) is 1.78. The maximum atomic E-state index is 11.1. The van der Waals surface area contributed by atoms with Crippen molar-refractivity contribution >= 4 is 5.91 Å². The van der Waals surface area contributed by atoms with Gasteiger partial charge in [-0.15, -0.1) is 0 Å². The Bertz CT molecular complexity index is 163. The van der Waals surface area contributed by atoms with Crippen molar-refractivity contribution in [2.24, 2.45) is 0 Å². The number of carbonyl (C=O) groups is 1. The summed E-state index contributed by atoms with van der Waals surface area (Å²) in [4.78, 5) is 11.1. The van der Waals surface area contributed by atoms with Crippen LogP contribution in [0.25, 0.3) is 0 Å². The zero-order valence-electron chi connectivity index (χ0n) is 9.26. The number of hydrogen-bond acceptors (Lipinski definition) is 2. The molecule has 0 aromatic carbocycles. The van der Waals surface area contributed by atoms with Crippen LogP contribution >= 0.6 is 0 Å². The van der Waals surface area contributed by atoms with Crippen LogP contribution in [0.2, 0.25) is 0 Å². The van der Waals surface area contributed by atoms with Crippen LogP contribution < -0.4 is 5.32 Å². The van der Waals surface area contributed by atoms with E-state index in [0.29, 0.717) is 6.42 Å². The number of amides is 1. The minimum absolute atomic E-state index is 0.0000463. The molecule has 0 heterocycles. The fourth-order valence-corrected chi connectivity index (χ4v) is 1.14. The maximum Gasteiger partial charge on any atom is 0.222 e. The van der Waals surface area contributed by atoms with Crippen molar-refractivity contribution in [3.8, 4) is 0 Å². The molecule has 0 aliphatic heterocycles. The first kappa shape index (κ1) is 12.4. The van der Waals surface area contributed by atoms with Crippen LogP contribution in [0, 0.1) is 0 Å². The summed E-state index contributed by atoms with van der Waals surface area (Å²) in [5, 5.41) is 2.59. The maximum absolute atomic E-state index is 11.1. The molecule has 4 nitrogen and oxygen atoms in total. The van der Waals surface area contributed by atoms with E-state index in [1.165, 1.54) is 0 Å². The quantitative estimate of drug-likeness (QED) is 0.611. The van der Waals surface area contributed by atoms with E-state index in [-0.39, 0.29) is 12.0 Å². The van der Waals surface area contributed by atoms with Crippen molar-refractivity contribution in [3.63, 3.8) is 0 Å². The lowest BCUT2D eigenvalue weighted by molar-refractivity contribution is -0.873. The summed E-state index contributed by atoms with van der Waals surface area (Å²) in [6.45, 7) is 0.837. The van der Waals surface area contributed by atoms with Crippen molar-refractivity contribution in [3.05, 3.63) is 0 Å². The molecular formula is C9H21N2O2+. The van der Waals surface area contributed by atoms with E-state index in [9.17, 15) is 4.79 Å². The molecule has 0 fully saturated rings. The Morgan fingerprint density at radius 2 is 2.00 bits per heavy atom. The molecule has 0 saturated heterocycles.